The first kappa shape index (κ1) is 11.1. The Hall–Kier alpha value is -1.01. The third-order valence-electron chi connectivity index (χ3n) is 1.92. The summed E-state index contributed by atoms with van der Waals surface area (Å²) in [4.78, 5) is 4.21. The molecule has 0 aliphatic rings. The molecule has 0 fully saturated rings. The lowest BCUT2D eigenvalue weighted by atomic mass is 10.2. The summed E-state index contributed by atoms with van der Waals surface area (Å²) in [6.45, 7) is 2.74. The molecular formula is C8H14N4OS. The molecule has 0 aromatic carbocycles. The second-order valence-corrected chi connectivity index (χ2v) is 3.48. The Morgan fingerprint density at radius 2 is 2.50 bits per heavy atom. The van der Waals surface area contributed by atoms with Gasteiger partial charge in [-0.3, -0.25) is 0 Å². The highest BCUT2D eigenvalue weighted by atomic mass is 32.1. The van der Waals surface area contributed by atoms with Gasteiger partial charge in [-0.2, -0.15) is 0 Å². The molecule has 78 valence electrons. The molecule has 0 spiro atoms. The third-order valence-corrected chi connectivity index (χ3v) is 2.10. The van der Waals surface area contributed by atoms with Gasteiger partial charge in [0.25, 0.3) is 0 Å². The fourth-order valence-electron chi connectivity index (χ4n) is 1.02. The summed E-state index contributed by atoms with van der Waals surface area (Å²) in [5.74, 6) is 0.421. The van der Waals surface area contributed by atoms with Gasteiger partial charge in [0.15, 0.2) is 0 Å². The zero-order valence-electron chi connectivity index (χ0n) is 8.30. The van der Waals surface area contributed by atoms with Crippen LogP contribution in [0.2, 0.25) is 0 Å². The first-order chi connectivity index (χ1) is 6.65. The van der Waals surface area contributed by atoms with Crippen molar-refractivity contribution in [2.45, 2.75) is 19.4 Å². The Morgan fingerprint density at radius 3 is 3.00 bits per heavy atom. The van der Waals surface area contributed by atoms with Gasteiger partial charge in [0.2, 0.25) is 5.82 Å². The van der Waals surface area contributed by atoms with Crippen LogP contribution in [0.3, 0.4) is 0 Å². The SMILES string of the molecule is COCCC(C)n1cnc(C(N)=S)n1. The van der Waals surface area contributed by atoms with Gasteiger partial charge >= 0.3 is 0 Å². The Balaban J connectivity index is 2.61. The lowest BCUT2D eigenvalue weighted by Gasteiger charge is -2.09. The Morgan fingerprint density at radius 1 is 1.79 bits per heavy atom. The van der Waals surface area contributed by atoms with Gasteiger partial charge in [-0.05, 0) is 13.3 Å². The van der Waals surface area contributed by atoms with E-state index in [1.54, 1.807) is 18.1 Å². The number of ether oxygens (including phenoxy) is 1. The quantitative estimate of drug-likeness (QED) is 0.723. The van der Waals surface area contributed by atoms with E-state index < -0.39 is 0 Å². The van der Waals surface area contributed by atoms with Gasteiger partial charge in [-0.15, -0.1) is 5.10 Å². The van der Waals surface area contributed by atoms with E-state index >= 15 is 0 Å². The second kappa shape index (κ2) is 5.02. The van der Waals surface area contributed by atoms with Crippen LogP contribution in [-0.4, -0.2) is 33.5 Å². The zero-order valence-corrected chi connectivity index (χ0v) is 9.12. The first-order valence-corrected chi connectivity index (χ1v) is 4.76. The van der Waals surface area contributed by atoms with Crippen LogP contribution in [0.25, 0.3) is 0 Å². The molecule has 0 amide bonds. The summed E-state index contributed by atoms with van der Waals surface area (Å²) in [5.41, 5.74) is 5.40. The van der Waals surface area contributed by atoms with E-state index in [4.69, 9.17) is 22.7 Å². The zero-order chi connectivity index (χ0) is 10.6. The minimum Gasteiger partial charge on any atom is -0.387 e. The molecule has 0 aliphatic carbocycles. The van der Waals surface area contributed by atoms with Crippen molar-refractivity contribution in [2.75, 3.05) is 13.7 Å². The van der Waals surface area contributed by atoms with Crippen LogP contribution < -0.4 is 5.73 Å². The predicted octanol–water partition coefficient (Wildman–Crippen LogP) is 0.510. The van der Waals surface area contributed by atoms with Gasteiger partial charge < -0.3 is 10.5 Å². The summed E-state index contributed by atoms with van der Waals surface area (Å²) in [7, 11) is 1.68. The predicted molar refractivity (Wildman–Crippen MR) is 57.1 cm³/mol. The van der Waals surface area contributed by atoms with Gasteiger partial charge in [0, 0.05) is 13.7 Å². The highest BCUT2D eigenvalue weighted by Gasteiger charge is 2.08. The molecule has 6 heteroatoms. The Labute approximate surface area is 88.3 Å². The van der Waals surface area contributed by atoms with E-state index in [9.17, 15) is 0 Å². The largest absolute Gasteiger partial charge is 0.387 e. The van der Waals surface area contributed by atoms with E-state index in [0.29, 0.717) is 12.4 Å². The minimum absolute atomic E-state index is 0.225. The molecule has 0 aliphatic heterocycles. The van der Waals surface area contributed by atoms with Gasteiger partial charge in [0.1, 0.15) is 11.3 Å². The van der Waals surface area contributed by atoms with Crippen LogP contribution in [0.4, 0.5) is 0 Å². The molecule has 0 saturated heterocycles. The van der Waals surface area contributed by atoms with E-state index in [-0.39, 0.29) is 11.0 Å². The molecule has 1 atom stereocenters. The molecular weight excluding hydrogens is 200 g/mol. The molecule has 14 heavy (non-hydrogen) atoms. The fraction of sp³-hybridized carbons (Fsp3) is 0.625. The second-order valence-electron chi connectivity index (χ2n) is 3.04. The topological polar surface area (TPSA) is 66.0 Å². The normalized spacial score (nSPS) is 12.7. The molecule has 0 radical (unpaired) electrons. The summed E-state index contributed by atoms with van der Waals surface area (Å²) in [6.07, 6.45) is 2.52. The van der Waals surface area contributed by atoms with Crippen LogP contribution in [0.15, 0.2) is 6.33 Å². The van der Waals surface area contributed by atoms with Crippen molar-refractivity contribution < 1.29 is 4.74 Å². The lowest BCUT2D eigenvalue weighted by Crippen LogP contribution is -2.14. The van der Waals surface area contributed by atoms with Gasteiger partial charge in [-0.25, -0.2) is 9.67 Å². The van der Waals surface area contributed by atoms with Crippen LogP contribution in [0.1, 0.15) is 25.2 Å². The number of nitrogens with zero attached hydrogens (tertiary/aromatic N) is 3. The highest BCUT2D eigenvalue weighted by Crippen LogP contribution is 2.08. The monoisotopic (exact) mass is 214 g/mol. The molecule has 0 bridgehead atoms. The average molecular weight is 214 g/mol. The van der Waals surface area contributed by atoms with Crippen molar-refractivity contribution >= 4 is 17.2 Å². The molecule has 2 N–H and O–H groups in total. The van der Waals surface area contributed by atoms with Crippen LogP contribution >= 0.6 is 12.2 Å². The highest BCUT2D eigenvalue weighted by molar-refractivity contribution is 7.80. The molecule has 0 saturated carbocycles. The standard InChI is InChI=1S/C8H14N4OS/c1-6(3-4-13-2)12-5-10-8(11-12)7(9)14/h5-6H,3-4H2,1-2H3,(H2,9,14). The maximum atomic E-state index is 5.40. The number of hydrogen-bond acceptors (Lipinski definition) is 4. The number of nitrogens with two attached hydrogens (primary N) is 1. The molecule has 1 unspecified atom stereocenters. The molecule has 1 rings (SSSR count). The maximum Gasteiger partial charge on any atom is 0.208 e. The first-order valence-electron chi connectivity index (χ1n) is 4.35. The van der Waals surface area contributed by atoms with E-state index in [1.807, 2.05) is 6.92 Å². The number of aromatic nitrogens is 3. The summed E-state index contributed by atoms with van der Waals surface area (Å²) in [6, 6.07) is 0.241. The van der Waals surface area contributed by atoms with Crippen molar-refractivity contribution in [1.29, 1.82) is 0 Å². The lowest BCUT2D eigenvalue weighted by molar-refractivity contribution is 0.178. The maximum absolute atomic E-state index is 5.40. The third kappa shape index (κ3) is 2.74. The van der Waals surface area contributed by atoms with Crippen molar-refractivity contribution in [3.05, 3.63) is 12.2 Å². The Bertz CT molecular complexity index is 312. The minimum atomic E-state index is 0.225. The number of thiocarbonyl (C=S) groups is 1. The molecule has 1 heterocycles. The van der Waals surface area contributed by atoms with Gasteiger partial charge in [0.05, 0.1) is 6.04 Å². The number of hydrogen-bond donors (Lipinski definition) is 1. The van der Waals surface area contributed by atoms with Gasteiger partial charge in [-0.1, -0.05) is 12.2 Å². The van der Waals surface area contributed by atoms with E-state index in [0.717, 1.165) is 6.42 Å². The van der Waals surface area contributed by atoms with Crippen molar-refractivity contribution in [1.82, 2.24) is 14.8 Å². The van der Waals surface area contributed by atoms with Crippen molar-refractivity contribution in [2.24, 2.45) is 5.73 Å². The van der Waals surface area contributed by atoms with Crippen molar-refractivity contribution in [3.63, 3.8) is 0 Å². The van der Waals surface area contributed by atoms with Crippen LogP contribution in [0.5, 0.6) is 0 Å². The summed E-state index contributed by atoms with van der Waals surface area (Å²) in [5, 5.41) is 4.15. The van der Waals surface area contributed by atoms with Crippen molar-refractivity contribution in [3.8, 4) is 0 Å². The van der Waals surface area contributed by atoms with E-state index in [2.05, 4.69) is 10.1 Å². The average Bonchev–Trinajstić information content (AvgIpc) is 2.62. The molecule has 5 nitrogen and oxygen atoms in total. The summed E-state index contributed by atoms with van der Waals surface area (Å²) >= 11 is 4.76. The fourth-order valence-corrected chi connectivity index (χ4v) is 1.11. The van der Waals surface area contributed by atoms with Crippen LogP contribution in [-0.2, 0) is 4.74 Å². The molecule has 1 aromatic heterocycles. The molecule has 1 aromatic rings. The Kier molecular flexibility index (Phi) is 3.97. The van der Waals surface area contributed by atoms with Crippen LogP contribution in [0, 0.1) is 0 Å². The number of methoxy groups -OCH3 is 1. The van der Waals surface area contributed by atoms with E-state index in [1.165, 1.54) is 0 Å². The smallest absolute Gasteiger partial charge is 0.208 e. The summed E-state index contributed by atoms with van der Waals surface area (Å²) < 4.78 is 6.72. The number of rotatable bonds is 5.